The average molecular weight is 229 g/mol. The molecule has 0 spiro atoms. The predicted molar refractivity (Wildman–Crippen MR) is 62.1 cm³/mol. The fraction of sp³-hybridized carbons (Fsp3) is 0.917. The number of unbranched alkanes of at least 4 members (excludes halogenated alkanes) is 1. The molecule has 4 nitrogen and oxygen atoms in total. The molecule has 0 amide bonds. The smallest absolute Gasteiger partial charge is 0.319 e. The molecule has 0 bridgehead atoms. The van der Waals surface area contributed by atoms with Gasteiger partial charge in [-0.05, 0) is 25.2 Å². The number of nitrogens with one attached hydrogen (secondary N) is 1. The van der Waals surface area contributed by atoms with Crippen molar-refractivity contribution < 1.29 is 14.6 Å². The van der Waals surface area contributed by atoms with Gasteiger partial charge in [0.1, 0.15) is 0 Å². The van der Waals surface area contributed by atoms with E-state index in [1.165, 1.54) is 0 Å². The van der Waals surface area contributed by atoms with Crippen molar-refractivity contribution in [3.63, 3.8) is 0 Å². The topological polar surface area (TPSA) is 58.6 Å². The van der Waals surface area contributed by atoms with Gasteiger partial charge in [-0.25, -0.2) is 0 Å². The van der Waals surface area contributed by atoms with Crippen LogP contribution in [-0.2, 0) is 9.53 Å². The van der Waals surface area contributed by atoms with E-state index in [9.17, 15) is 9.90 Å². The lowest BCUT2D eigenvalue weighted by molar-refractivity contribution is -0.142. The van der Waals surface area contributed by atoms with Crippen LogP contribution in [0.25, 0.3) is 0 Å². The predicted octanol–water partition coefficient (Wildman–Crippen LogP) is 1.08. The summed E-state index contributed by atoms with van der Waals surface area (Å²) in [5, 5.41) is 12.6. The summed E-state index contributed by atoms with van der Waals surface area (Å²) < 4.78 is 5.01. The molecule has 2 unspecified atom stereocenters. The van der Waals surface area contributed by atoms with Crippen molar-refractivity contribution in [1.29, 1.82) is 0 Å². The highest BCUT2D eigenvalue weighted by molar-refractivity contribution is 5.71. The van der Waals surface area contributed by atoms with E-state index in [4.69, 9.17) is 4.74 Å². The summed E-state index contributed by atoms with van der Waals surface area (Å²) in [7, 11) is 0. The Morgan fingerprint density at radius 3 is 2.94 bits per heavy atom. The van der Waals surface area contributed by atoms with Gasteiger partial charge in [-0.15, -0.1) is 0 Å². The zero-order chi connectivity index (χ0) is 11.8. The number of esters is 1. The average Bonchev–Trinajstić information content (AvgIpc) is 2.65. The van der Waals surface area contributed by atoms with Crippen LogP contribution in [0.2, 0.25) is 0 Å². The van der Waals surface area contributed by atoms with Crippen LogP contribution in [-0.4, -0.2) is 36.9 Å². The van der Waals surface area contributed by atoms with Crippen LogP contribution in [0.15, 0.2) is 0 Å². The Balaban J connectivity index is 1.99. The molecule has 1 aliphatic rings. The number of ether oxygens (including phenoxy) is 1. The molecule has 1 saturated carbocycles. The molecule has 0 radical (unpaired) electrons. The number of rotatable bonds is 7. The van der Waals surface area contributed by atoms with Crippen molar-refractivity contribution in [2.24, 2.45) is 5.92 Å². The van der Waals surface area contributed by atoms with Gasteiger partial charge in [0, 0.05) is 6.54 Å². The molecule has 16 heavy (non-hydrogen) atoms. The van der Waals surface area contributed by atoms with E-state index < -0.39 is 0 Å². The number of aliphatic hydroxyl groups excluding tert-OH is 1. The van der Waals surface area contributed by atoms with Crippen LogP contribution in [0.1, 0.15) is 39.0 Å². The van der Waals surface area contributed by atoms with Crippen molar-refractivity contribution in [2.75, 3.05) is 19.7 Å². The first-order chi connectivity index (χ1) is 7.74. The largest absolute Gasteiger partial charge is 0.465 e. The molecule has 0 aromatic heterocycles. The number of carbonyl (C=O) groups is 1. The second kappa shape index (κ2) is 7.63. The lowest BCUT2D eigenvalue weighted by Gasteiger charge is -2.14. The molecule has 2 N–H and O–H groups in total. The van der Waals surface area contributed by atoms with Gasteiger partial charge in [-0.1, -0.05) is 19.8 Å². The van der Waals surface area contributed by atoms with Gasteiger partial charge in [0.2, 0.25) is 0 Å². The van der Waals surface area contributed by atoms with Crippen LogP contribution in [0.5, 0.6) is 0 Å². The molecule has 0 aromatic rings. The Bertz CT molecular complexity index is 208. The summed E-state index contributed by atoms with van der Waals surface area (Å²) in [5.41, 5.74) is 0. The lowest BCUT2D eigenvalue weighted by atomic mass is 10.1. The molecular formula is C12H23NO3. The van der Waals surface area contributed by atoms with Gasteiger partial charge in [0.25, 0.3) is 0 Å². The summed E-state index contributed by atoms with van der Waals surface area (Å²) >= 11 is 0. The van der Waals surface area contributed by atoms with Gasteiger partial charge in [-0.3, -0.25) is 4.79 Å². The first-order valence-electron chi connectivity index (χ1n) is 6.28. The van der Waals surface area contributed by atoms with E-state index in [1.807, 2.05) is 0 Å². The highest BCUT2D eigenvalue weighted by Gasteiger charge is 2.24. The van der Waals surface area contributed by atoms with Crippen molar-refractivity contribution >= 4 is 5.97 Å². The van der Waals surface area contributed by atoms with Crippen LogP contribution in [0.3, 0.4) is 0 Å². The number of hydrogen-bond acceptors (Lipinski definition) is 4. The maximum atomic E-state index is 11.2. The number of aliphatic hydroxyl groups is 1. The monoisotopic (exact) mass is 229 g/mol. The minimum atomic E-state index is -0.194. The van der Waals surface area contributed by atoms with Crippen LogP contribution in [0.4, 0.5) is 0 Å². The summed E-state index contributed by atoms with van der Waals surface area (Å²) in [6.45, 7) is 3.55. The van der Waals surface area contributed by atoms with E-state index in [0.29, 0.717) is 19.1 Å². The third-order valence-corrected chi connectivity index (χ3v) is 3.06. The number of carbonyl (C=O) groups excluding carboxylic acids is 1. The zero-order valence-electron chi connectivity index (χ0n) is 10.1. The van der Waals surface area contributed by atoms with E-state index in [2.05, 4.69) is 12.2 Å². The third kappa shape index (κ3) is 4.94. The zero-order valence-corrected chi connectivity index (χ0v) is 10.1. The minimum absolute atomic E-state index is 0.191. The van der Waals surface area contributed by atoms with Crippen molar-refractivity contribution in [2.45, 2.75) is 45.1 Å². The van der Waals surface area contributed by atoms with Gasteiger partial charge < -0.3 is 15.2 Å². The molecule has 0 aliphatic heterocycles. The van der Waals surface area contributed by atoms with Gasteiger partial charge in [-0.2, -0.15) is 0 Å². The maximum absolute atomic E-state index is 11.2. The molecular weight excluding hydrogens is 206 g/mol. The van der Waals surface area contributed by atoms with E-state index in [-0.39, 0.29) is 18.6 Å². The van der Waals surface area contributed by atoms with Gasteiger partial charge in [0.15, 0.2) is 0 Å². The highest BCUT2D eigenvalue weighted by atomic mass is 16.5. The maximum Gasteiger partial charge on any atom is 0.319 e. The van der Waals surface area contributed by atoms with Crippen molar-refractivity contribution in [3.8, 4) is 0 Å². The minimum Gasteiger partial charge on any atom is -0.465 e. The number of hydrogen-bond donors (Lipinski definition) is 2. The Labute approximate surface area is 97.4 Å². The fourth-order valence-corrected chi connectivity index (χ4v) is 2.00. The van der Waals surface area contributed by atoms with Crippen LogP contribution in [0, 0.1) is 5.92 Å². The third-order valence-electron chi connectivity index (χ3n) is 3.06. The molecule has 0 saturated heterocycles. The lowest BCUT2D eigenvalue weighted by Crippen LogP contribution is -2.32. The Morgan fingerprint density at radius 1 is 1.50 bits per heavy atom. The van der Waals surface area contributed by atoms with Crippen LogP contribution >= 0.6 is 0 Å². The first-order valence-corrected chi connectivity index (χ1v) is 6.28. The Kier molecular flexibility index (Phi) is 6.42. The summed E-state index contributed by atoms with van der Waals surface area (Å²) in [5.74, 6) is 0.115. The standard InChI is InChI=1S/C12H23NO3/c1-2-3-7-16-12(15)9-13-8-10-5-4-6-11(10)14/h10-11,13-14H,2-9H2,1H3. The molecule has 1 aliphatic carbocycles. The summed E-state index contributed by atoms with van der Waals surface area (Å²) in [4.78, 5) is 11.2. The normalized spacial score (nSPS) is 24.6. The van der Waals surface area contributed by atoms with Crippen LogP contribution < -0.4 is 5.32 Å². The molecule has 2 atom stereocenters. The molecule has 1 rings (SSSR count). The Hall–Kier alpha value is -0.610. The second-order valence-corrected chi connectivity index (χ2v) is 4.46. The quantitative estimate of drug-likeness (QED) is 0.506. The van der Waals surface area contributed by atoms with Crippen molar-refractivity contribution in [3.05, 3.63) is 0 Å². The molecule has 4 heteroatoms. The van der Waals surface area contributed by atoms with Gasteiger partial charge in [0.05, 0.1) is 19.3 Å². The molecule has 94 valence electrons. The van der Waals surface area contributed by atoms with E-state index in [0.717, 1.165) is 32.1 Å². The Morgan fingerprint density at radius 2 is 2.31 bits per heavy atom. The van der Waals surface area contributed by atoms with E-state index in [1.54, 1.807) is 0 Å². The van der Waals surface area contributed by atoms with Crippen molar-refractivity contribution in [1.82, 2.24) is 5.32 Å². The van der Waals surface area contributed by atoms with Gasteiger partial charge >= 0.3 is 5.97 Å². The molecule has 0 aromatic carbocycles. The van der Waals surface area contributed by atoms with E-state index >= 15 is 0 Å². The summed E-state index contributed by atoms with van der Waals surface area (Å²) in [6.07, 6.45) is 4.81. The highest BCUT2D eigenvalue weighted by Crippen LogP contribution is 2.24. The summed E-state index contributed by atoms with van der Waals surface area (Å²) in [6, 6.07) is 0. The molecule has 1 fully saturated rings. The molecule has 0 heterocycles. The SMILES string of the molecule is CCCCOC(=O)CNCC1CCCC1O. The second-order valence-electron chi connectivity index (χ2n) is 4.46. The first kappa shape index (κ1) is 13.5. The fourth-order valence-electron chi connectivity index (χ4n) is 2.00.